The molecule has 0 radical (unpaired) electrons. The zero-order valence-electron chi connectivity index (χ0n) is 52.8. The number of imidazole rings is 1. The van der Waals surface area contributed by atoms with Gasteiger partial charge in [0.05, 0.1) is 37.3 Å². The first-order valence-corrected chi connectivity index (χ1v) is 20.2. The van der Waals surface area contributed by atoms with Crippen molar-refractivity contribution in [2.75, 3.05) is 0 Å². The summed E-state index contributed by atoms with van der Waals surface area (Å²) in [6.45, 7) is 2.89. The van der Waals surface area contributed by atoms with E-state index in [2.05, 4.69) is 23.4 Å². The van der Waals surface area contributed by atoms with Gasteiger partial charge in [-0.05, 0) is 80.5 Å². The molecule has 65 heavy (non-hydrogen) atoms. The molecule has 5 nitrogen and oxygen atoms in total. The molecule has 0 aliphatic rings. The van der Waals surface area contributed by atoms with E-state index in [9.17, 15) is 2.74 Å². The number of hydrogen-bond acceptors (Lipinski definition) is 2. The van der Waals surface area contributed by atoms with Gasteiger partial charge < -0.3 is 13.9 Å². The predicted molar refractivity (Wildman–Crippen MR) is 260 cm³/mol. The Balaban J connectivity index is 0.00000769. The summed E-state index contributed by atoms with van der Waals surface area (Å²) in [5, 5.41) is 1.49. The van der Waals surface area contributed by atoms with Gasteiger partial charge in [0.25, 0.3) is 6.33 Å². The molecule has 0 saturated carbocycles. The van der Waals surface area contributed by atoms with Crippen LogP contribution in [0.15, 0.2) is 194 Å². The zero-order chi connectivity index (χ0) is 58.9. The van der Waals surface area contributed by atoms with E-state index in [-0.39, 0.29) is 77.3 Å². The number of ether oxygens (including phenoxy) is 1. The Hall–Kier alpha value is -7.33. The molecule has 3 aromatic heterocycles. The van der Waals surface area contributed by atoms with E-state index < -0.39 is 103 Å². The Morgan fingerprint density at radius 3 is 2.02 bits per heavy atom. The maximum atomic E-state index is 9.23. The molecule has 11 rings (SSSR count). The van der Waals surface area contributed by atoms with Gasteiger partial charge in [0.1, 0.15) is 5.82 Å². The van der Waals surface area contributed by atoms with E-state index in [0.717, 1.165) is 5.39 Å². The minimum atomic E-state index is -2.82. The van der Waals surface area contributed by atoms with Gasteiger partial charge in [0, 0.05) is 54.0 Å². The molecule has 0 unspecified atom stereocenters. The summed E-state index contributed by atoms with van der Waals surface area (Å²) in [7, 11) is 0. The Morgan fingerprint density at radius 1 is 0.631 bits per heavy atom. The summed E-state index contributed by atoms with van der Waals surface area (Å²) in [5.74, 6) is 0.606. The van der Waals surface area contributed by atoms with Gasteiger partial charge in [-0.15, -0.1) is 29.7 Å². The summed E-state index contributed by atoms with van der Waals surface area (Å²) in [4.78, 5) is 4.66. The topological polar surface area (TPSA) is 35.9 Å². The van der Waals surface area contributed by atoms with E-state index in [1.807, 2.05) is 75.4 Å². The molecule has 0 saturated heterocycles. The van der Waals surface area contributed by atoms with Crippen LogP contribution in [0.2, 0.25) is 0 Å². The van der Waals surface area contributed by atoms with Crippen LogP contribution in [0.5, 0.6) is 11.5 Å². The molecule has 318 valence electrons. The first-order chi connectivity index (χ1) is 38.7. The van der Waals surface area contributed by atoms with Gasteiger partial charge >= 0.3 is 0 Å². The van der Waals surface area contributed by atoms with Gasteiger partial charge in [-0.3, -0.25) is 4.57 Å². The standard InChI is InChI=1S/C59H44N4O.Pt/c1-40-33-57(60-38-51(40)43-23-12-7-13-24-43)63-53-28-15-14-27-48(53)49-32-31-47(37-56(49)63)64-46-26-18-25-45(36-46)61-39-62(55-30-17-16-29-54(55)61)58-50(42-21-10-6-11-22-42)34-44(35-52(58)59(2,3)4)41-19-8-5-9-20-41;/h5-35,38H,1-4H3;/q-2;/i1D3,5D,6D,7D,8D,9D,10D,11D,12D,13D,19D,20D,21D,22D,23D,24D;. The first kappa shape index (κ1) is 25.8. The fourth-order valence-corrected chi connectivity index (χ4v) is 8.03. The molecular weight excluding hydrogens is 976 g/mol. The number of hydrogen-bond donors (Lipinski definition) is 0. The number of aromatic nitrogens is 4. The second kappa shape index (κ2) is 17.0. The normalized spacial score (nSPS) is 15.7. The molecule has 8 aromatic carbocycles. The van der Waals surface area contributed by atoms with Crippen molar-refractivity contribution in [2.45, 2.75) is 33.0 Å². The fourth-order valence-electron chi connectivity index (χ4n) is 8.03. The molecular formula is C59H44N4OPt-2. The minimum absolute atomic E-state index is 0. The van der Waals surface area contributed by atoms with E-state index in [0.29, 0.717) is 44.4 Å². The van der Waals surface area contributed by atoms with Gasteiger partial charge in [0.15, 0.2) is 0 Å². The maximum Gasteiger partial charge on any atom is 0.268 e. The van der Waals surface area contributed by atoms with Gasteiger partial charge in [-0.2, -0.15) is 18.2 Å². The van der Waals surface area contributed by atoms with Crippen molar-refractivity contribution < 1.29 is 55.0 Å². The third-order valence-electron chi connectivity index (χ3n) is 10.9. The van der Waals surface area contributed by atoms with E-state index in [1.165, 1.54) is 18.3 Å². The van der Waals surface area contributed by atoms with Crippen molar-refractivity contribution in [3.05, 3.63) is 223 Å². The number of benzene rings is 8. The van der Waals surface area contributed by atoms with Gasteiger partial charge in [0.2, 0.25) is 0 Å². The second-order valence-corrected chi connectivity index (χ2v) is 16.0. The number of rotatable bonds is 8. The van der Waals surface area contributed by atoms with Crippen LogP contribution in [0, 0.1) is 25.3 Å². The molecule has 0 amide bonds. The molecule has 0 N–H and O–H groups in total. The van der Waals surface area contributed by atoms with Crippen molar-refractivity contribution in [1.82, 2.24) is 14.1 Å². The summed E-state index contributed by atoms with van der Waals surface area (Å²) >= 11 is 0. The fraction of sp³-hybridized carbons (Fsp3) is 0.0847. The summed E-state index contributed by atoms with van der Waals surface area (Å²) in [5.41, 5.74) is 1.91. The smallest absolute Gasteiger partial charge is 0.268 e. The molecule has 0 atom stereocenters. The molecule has 0 bridgehead atoms. The number of pyridine rings is 1. The molecule has 3 heterocycles. The molecule has 0 aliphatic carbocycles. The number of para-hydroxylation sites is 3. The van der Waals surface area contributed by atoms with E-state index in [4.69, 9.17) is 26.7 Å². The quantitative estimate of drug-likeness (QED) is 0.112. The monoisotopic (exact) mass is 1040 g/mol. The van der Waals surface area contributed by atoms with Crippen LogP contribution >= 0.6 is 0 Å². The first-order valence-electron chi connectivity index (χ1n) is 29.2. The average Bonchev–Trinajstić information content (AvgIpc) is 4.17. The van der Waals surface area contributed by atoms with Crippen molar-refractivity contribution in [3.8, 4) is 62.1 Å². The van der Waals surface area contributed by atoms with Crippen LogP contribution in [0.25, 0.3) is 83.4 Å². The largest absolute Gasteiger partial charge is 0.510 e. The van der Waals surface area contributed by atoms with Crippen LogP contribution in [-0.4, -0.2) is 14.1 Å². The number of fused-ring (bicyclic) bond motifs is 4. The molecule has 6 heteroatoms. The zero-order valence-corrected chi connectivity index (χ0v) is 37.1. The van der Waals surface area contributed by atoms with E-state index in [1.54, 1.807) is 44.0 Å². The van der Waals surface area contributed by atoms with Crippen LogP contribution in [0.1, 0.15) is 56.6 Å². The van der Waals surface area contributed by atoms with Crippen molar-refractivity contribution in [1.29, 1.82) is 0 Å². The molecule has 11 aromatic rings. The number of nitrogens with zero attached hydrogens (tertiary/aromatic N) is 4. The maximum absolute atomic E-state index is 9.23. The van der Waals surface area contributed by atoms with Crippen LogP contribution < -0.4 is 9.30 Å². The van der Waals surface area contributed by atoms with Crippen molar-refractivity contribution in [2.24, 2.45) is 0 Å². The Bertz CT molecular complexity index is 4460. The SMILES string of the molecule is [2H]c1c([2H])c([2H])c(-c2cc(-c3c([2H])c([2H])c([2H])c([2H])c3[2H])c(-[n+]3[c-]n(-c4[c-]c(Oc5[c-]c6c(cc5)c5ccccc5n6-c5cc(C([2H])([2H])[2H])c(-c6c([2H])c([2H])c([2H])c([2H])c6[2H])cn5)ccc4)c4ccccc43)c(C(C)(C)C)c2)c([2H])c1[2H].[Pt]. The van der Waals surface area contributed by atoms with Crippen LogP contribution in [-0.2, 0) is 26.5 Å². The van der Waals surface area contributed by atoms with Crippen LogP contribution in [0.3, 0.4) is 0 Å². The summed E-state index contributed by atoms with van der Waals surface area (Å²) in [6, 6.07) is 26.1. The molecule has 0 aliphatic heterocycles. The second-order valence-electron chi connectivity index (χ2n) is 16.0. The van der Waals surface area contributed by atoms with E-state index >= 15 is 0 Å². The third kappa shape index (κ3) is 7.66. The van der Waals surface area contributed by atoms with Crippen molar-refractivity contribution >= 4 is 32.8 Å². The Labute approximate surface area is 419 Å². The van der Waals surface area contributed by atoms with Gasteiger partial charge in [-0.25, -0.2) is 4.98 Å². The molecule has 0 fully saturated rings. The molecule has 0 spiro atoms. The van der Waals surface area contributed by atoms with Gasteiger partial charge in [-0.1, -0.05) is 165 Å². The van der Waals surface area contributed by atoms with Crippen LogP contribution in [0.4, 0.5) is 0 Å². The summed E-state index contributed by atoms with van der Waals surface area (Å²) in [6.07, 6.45) is 4.67. The number of aryl methyl sites for hydroxylation is 1. The Morgan fingerprint density at radius 2 is 1.29 bits per heavy atom. The summed E-state index contributed by atoms with van der Waals surface area (Å²) < 4.78 is 167. The average molecular weight is 1040 g/mol. The third-order valence-corrected chi connectivity index (χ3v) is 10.9. The Kier molecular flexibility index (Phi) is 6.75. The predicted octanol–water partition coefficient (Wildman–Crippen LogP) is 14.2. The van der Waals surface area contributed by atoms with Crippen molar-refractivity contribution in [3.63, 3.8) is 0 Å². The minimum Gasteiger partial charge on any atom is -0.510 e.